The average Bonchev–Trinajstić information content (AvgIpc) is 2.38. The van der Waals surface area contributed by atoms with Gasteiger partial charge in [0.25, 0.3) is 0 Å². The lowest BCUT2D eigenvalue weighted by molar-refractivity contribution is 0.0389. The van der Waals surface area contributed by atoms with E-state index in [9.17, 15) is 4.39 Å². The van der Waals surface area contributed by atoms with Crippen LogP contribution in [0.2, 0.25) is 0 Å². The first-order valence-corrected chi connectivity index (χ1v) is 6.17. The van der Waals surface area contributed by atoms with Gasteiger partial charge in [0.2, 0.25) is 0 Å². The minimum Gasteiger partial charge on any atom is -0.379 e. The molecule has 0 amide bonds. The van der Waals surface area contributed by atoms with Crippen LogP contribution in [0.4, 0.5) is 4.39 Å². The molecule has 0 radical (unpaired) electrons. The van der Waals surface area contributed by atoms with Gasteiger partial charge in [0, 0.05) is 39.8 Å². The lowest BCUT2D eigenvalue weighted by atomic mass is 10.4. The third-order valence-corrected chi connectivity index (χ3v) is 2.65. The Hall–Kier alpha value is -0.150. The number of alkyl halides is 1. The second kappa shape index (κ2) is 11.9. The average molecular weight is 374 g/mol. The van der Waals surface area contributed by atoms with E-state index in [1.54, 1.807) is 7.05 Å². The molecule has 1 aliphatic heterocycles. The van der Waals surface area contributed by atoms with Crippen molar-refractivity contribution in [2.75, 3.05) is 59.7 Å². The molecule has 0 spiro atoms. The van der Waals surface area contributed by atoms with E-state index in [2.05, 4.69) is 20.5 Å². The second-order valence-corrected chi connectivity index (χ2v) is 3.92. The van der Waals surface area contributed by atoms with E-state index in [1.165, 1.54) is 0 Å². The predicted octanol–water partition coefficient (Wildman–Crippen LogP) is 0.461. The van der Waals surface area contributed by atoms with Crippen LogP contribution in [0.25, 0.3) is 0 Å². The number of rotatable bonds is 6. The predicted molar refractivity (Wildman–Crippen MR) is 82.6 cm³/mol. The minimum absolute atomic E-state index is 0. The summed E-state index contributed by atoms with van der Waals surface area (Å²) in [7, 11) is 1.72. The summed E-state index contributed by atoms with van der Waals surface area (Å²) in [6.45, 7) is 5.78. The highest BCUT2D eigenvalue weighted by molar-refractivity contribution is 14.0. The molecule has 1 heterocycles. The van der Waals surface area contributed by atoms with Crippen LogP contribution in [0.3, 0.4) is 0 Å². The molecule has 1 fully saturated rings. The van der Waals surface area contributed by atoms with Gasteiger partial charge in [-0.25, -0.2) is 0 Å². The normalized spacial score (nSPS) is 17.1. The maximum atomic E-state index is 11.9. The van der Waals surface area contributed by atoms with Crippen LogP contribution in [-0.2, 0) is 4.74 Å². The van der Waals surface area contributed by atoms with Crippen molar-refractivity contribution < 1.29 is 9.13 Å². The van der Waals surface area contributed by atoms with Crippen LogP contribution in [0.15, 0.2) is 4.99 Å². The molecule has 18 heavy (non-hydrogen) atoms. The molecule has 0 atom stereocenters. The fraction of sp³-hybridized carbons (Fsp3) is 0.909. The van der Waals surface area contributed by atoms with Crippen LogP contribution in [0.1, 0.15) is 6.42 Å². The van der Waals surface area contributed by atoms with E-state index < -0.39 is 0 Å². The first-order valence-electron chi connectivity index (χ1n) is 6.17. The highest BCUT2D eigenvalue weighted by Gasteiger charge is 2.09. The Balaban J connectivity index is 0.00000289. The van der Waals surface area contributed by atoms with Gasteiger partial charge in [-0.05, 0) is 6.42 Å². The highest BCUT2D eigenvalue weighted by Crippen LogP contribution is 1.94. The topological polar surface area (TPSA) is 48.9 Å². The fourth-order valence-corrected chi connectivity index (χ4v) is 1.65. The first-order chi connectivity index (χ1) is 8.36. The molecule has 5 nitrogen and oxygen atoms in total. The van der Waals surface area contributed by atoms with Crippen LogP contribution >= 0.6 is 24.0 Å². The van der Waals surface area contributed by atoms with Crippen molar-refractivity contribution in [2.24, 2.45) is 4.99 Å². The molecule has 0 aromatic rings. The van der Waals surface area contributed by atoms with Gasteiger partial charge >= 0.3 is 0 Å². The quantitative estimate of drug-likeness (QED) is 0.307. The molecule has 2 N–H and O–H groups in total. The third kappa shape index (κ3) is 8.04. The van der Waals surface area contributed by atoms with Crippen LogP contribution in [0, 0.1) is 0 Å². The van der Waals surface area contributed by atoms with E-state index in [-0.39, 0.29) is 30.7 Å². The Morgan fingerprint density at radius 1 is 1.28 bits per heavy atom. The number of nitrogens with zero attached hydrogens (tertiary/aromatic N) is 2. The summed E-state index contributed by atoms with van der Waals surface area (Å²) in [5.74, 6) is 0.742. The van der Waals surface area contributed by atoms with Crippen LogP contribution in [-0.4, -0.2) is 70.5 Å². The summed E-state index contributed by atoms with van der Waals surface area (Å²) in [6.07, 6.45) is 0.518. The van der Waals surface area contributed by atoms with Gasteiger partial charge in [-0.2, -0.15) is 0 Å². The molecule has 1 saturated heterocycles. The van der Waals surface area contributed by atoms with Crippen molar-refractivity contribution in [2.45, 2.75) is 6.42 Å². The standard InChI is InChI=1S/C11H23FN4O.HI/c1-13-11(14-4-2-3-12)15-5-6-16-7-9-17-10-8-16;/h2-10H2,1H3,(H2,13,14,15);1H. The van der Waals surface area contributed by atoms with E-state index >= 15 is 0 Å². The zero-order valence-corrected chi connectivity index (χ0v) is 13.3. The van der Waals surface area contributed by atoms with Gasteiger partial charge in [-0.15, -0.1) is 24.0 Å². The minimum atomic E-state index is -0.294. The molecular weight excluding hydrogens is 350 g/mol. The first kappa shape index (κ1) is 17.8. The molecule has 1 aliphatic rings. The second-order valence-electron chi connectivity index (χ2n) is 3.92. The number of aliphatic imine (C=N–C) groups is 1. The molecule has 108 valence electrons. The van der Waals surface area contributed by atoms with Gasteiger partial charge in [0.05, 0.1) is 19.9 Å². The van der Waals surface area contributed by atoms with Gasteiger partial charge < -0.3 is 15.4 Å². The van der Waals surface area contributed by atoms with E-state index in [4.69, 9.17) is 4.74 Å². The monoisotopic (exact) mass is 374 g/mol. The number of halogens is 2. The molecule has 0 aromatic heterocycles. The van der Waals surface area contributed by atoms with Crippen molar-refractivity contribution in [3.8, 4) is 0 Å². The lowest BCUT2D eigenvalue weighted by Crippen LogP contribution is -2.44. The number of hydrogen-bond donors (Lipinski definition) is 2. The van der Waals surface area contributed by atoms with Crippen molar-refractivity contribution in [3.63, 3.8) is 0 Å². The fourth-order valence-electron chi connectivity index (χ4n) is 1.65. The molecule has 1 rings (SSSR count). The summed E-state index contributed by atoms with van der Waals surface area (Å²) >= 11 is 0. The summed E-state index contributed by atoms with van der Waals surface area (Å²) in [4.78, 5) is 6.42. The van der Waals surface area contributed by atoms with Gasteiger partial charge in [0.1, 0.15) is 0 Å². The molecule has 0 unspecified atom stereocenters. The summed E-state index contributed by atoms with van der Waals surface area (Å²) in [5, 5.41) is 6.27. The smallest absolute Gasteiger partial charge is 0.191 e. The molecule has 0 bridgehead atoms. The summed E-state index contributed by atoms with van der Waals surface area (Å²) in [6, 6.07) is 0. The Kier molecular flexibility index (Phi) is 11.8. The Bertz CT molecular complexity index is 225. The third-order valence-electron chi connectivity index (χ3n) is 2.65. The summed E-state index contributed by atoms with van der Waals surface area (Å²) < 4.78 is 17.2. The number of guanidine groups is 1. The van der Waals surface area contributed by atoms with Crippen molar-refractivity contribution in [1.82, 2.24) is 15.5 Å². The van der Waals surface area contributed by atoms with Gasteiger partial charge in [-0.3, -0.25) is 14.3 Å². The maximum Gasteiger partial charge on any atom is 0.191 e. The van der Waals surface area contributed by atoms with E-state index in [0.29, 0.717) is 13.0 Å². The summed E-state index contributed by atoms with van der Waals surface area (Å²) in [5.41, 5.74) is 0. The van der Waals surface area contributed by atoms with E-state index in [1.807, 2.05) is 0 Å². The molecule has 7 heteroatoms. The maximum absolute atomic E-state index is 11.9. The number of hydrogen-bond acceptors (Lipinski definition) is 3. The Morgan fingerprint density at radius 3 is 2.56 bits per heavy atom. The molecule has 0 aliphatic carbocycles. The zero-order chi connectivity index (χ0) is 12.3. The molecular formula is C11H24FIN4O. The van der Waals surface area contributed by atoms with Crippen molar-refractivity contribution in [3.05, 3.63) is 0 Å². The van der Waals surface area contributed by atoms with Crippen molar-refractivity contribution >= 4 is 29.9 Å². The number of nitrogens with one attached hydrogen (secondary N) is 2. The number of ether oxygens (including phenoxy) is 1. The van der Waals surface area contributed by atoms with Crippen LogP contribution < -0.4 is 10.6 Å². The lowest BCUT2D eigenvalue weighted by Gasteiger charge is -2.26. The SMILES string of the molecule is CN=C(NCCCF)NCCN1CCOCC1.I. The zero-order valence-electron chi connectivity index (χ0n) is 11.0. The van der Waals surface area contributed by atoms with E-state index in [0.717, 1.165) is 45.4 Å². The largest absolute Gasteiger partial charge is 0.379 e. The van der Waals surface area contributed by atoms with Crippen LogP contribution in [0.5, 0.6) is 0 Å². The van der Waals surface area contributed by atoms with Gasteiger partial charge in [0.15, 0.2) is 5.96 Å². The highest BCUT2D eigenvalue weighted by atomic mass is 127. The Morgan fingerprint density at radius 2 is 1.94 bits per heavy atom. The molecule has 0 saturated carbocycles. The van der Waals surface area contributed by atoms with Crippen molar-refractivity contribution in [1.29, 1.82) is 0 Å². The molecule has 0 aromatic carbocycles. The number of morpholine rings is 1. The Labute approximate surface area is 126 Å². The van der Waals surface area contributed by atoms with Gasteiger partial charge in [-0.1, -0.05) is 0 Å².